The van der Waals surface area contributed by atoms with E-state index in [1.54, 1.807) is 24.3 Å². The Labute approximate surface area is 281 Å². The molecule has 0 aliphatic heterocycles. The molecule has 3 rings (SSSR count). The lowest BCUT2D eigenvalue weighted by atomic mass is 10.3. The van der Waals surface area contributed by atoms with Crippen molar-refractivity contribution in [2.24, 2.45) is 0 Å². The van der Waals surface area contributed by atoms with Crippen LogP contribution in [0.25, 0.3) is 0 Å². The second-order valence-corrected chi connectivity index (χ2v) is 13.2. The zero-order valence-corrected chi connectivity index (χ0v) is 27.4. The molecule has 2 heterocycles. The molecule has 0 unspecified atom stereocenters. The van der Waals surface area contributed by atoms with E-state index in [2.05, 4.69) is 80.5 Å². The van der Waals surface area contributed by atoms with Crippen LogP contribution in [0.15, 0.2) is 24.3 Å². The maximum atomic E-state index is 10.9. The predicted molar refractivity (Wildman–Crippen MR) is 165 cm³/mol. The molecule has 6 N–H and O–H groups in total. The molecule has 48 heavy (non-hydrogen) atoms. The van der Waals surface area contributed by atoms with Crippen LogP contribution in [0.5, 0.6) is 0 Å². The molecule has 266 valence electrons. The van der Waals surface area contributed by atoms with Crippen molar-refractivity contribution in [3.8, 4) is 0 Å². The van der Waals surface area contributed by atoms with E-state index in [-0.39, 0.29) is 48.8 Å². The Morgan fingerprint density at radius 1 is 0.542 bits per heavy atom. The number of benzene rings is 1. The van der Waals surface area contributed by atoms with Gasteiger partial charge in [-0.2, -0.15) is 38.6 Å². The molecule has 0 radical (unpaired) electrons. The summed E-state index contributed by atoms with van der Waals surface area (Å²) in [7, 11) is -9.04. The Bertz CT molecular complexity index is 1560. The van der Waals surface area contributed by atoms with Crippen LogP contribution in [0.3, 0.4) is 0 Å². The van der Waals surface area contributed by atoms with Crippen molar-refractivity contribution in [3.05, 3.63) is 24.3 Å². The number of rotatable bonds is 24. The minimum Gasteiger partial charge on any atom is -0.748 e. The molecule has 0 saturated heterocycles. The van der Waals surface area contributed by atoms with E-state index in [0.29, 0.717) is 36.0 Å². The first kappa shape index (κ1) is 38.8. The molecule has 0 bridgehead atoms. The first-order valence-electron chi connectivity index (χ1n) is 13.1. The third-order valence-electron chi connectivity index (χ3n) is 5.03. The summed E-state index contributed by atoms with van der Waals surface area (Å²) in [4.78, 5) is 25.1. The molecule has 24 nitrogen and oxygen atoms in total. The van der Waals surface area contributed by atoms with E-state index in [1.807, 2.05) is 0 Å². The standard InChI is InChI=1S/C20H30N12O12S4/c33-41-43-45-9-5-21-15-27-16(22-6-10-46-44-42-34)30-19(29-15)25-13-1-3-14(4-2-13)26-20-31-17(23-7-11-47(35,36)37)28-18(32-20)24-8-12-48(38,39)40/h1-4,33-34H,5-12H2,(H,35,36,37)(H,38,39,40)(H3,21,22,25,27,29,30)(H3,23,24,26,28,31,32)/p-4. The topological polar surface area (TPSA) is 347 Å². The molecule has 1 aromatic carbocycles. The van der Waals surface area contributed by atoms with Crippen molar-refractivity contribution >= 4 is 91.4 Å². The minimum absolute atomic E-state index is 0.0506. The zero-order valence-electron chi connectivity index (χ0n) is 24.2. The lowest BCUT2D eigenvalue weighted by Crippen LogP contribution is -2.19. The highest BCUT2D eigenvalue weighted by molar-refractivity contribution is 7.94. The van der Waals surface area contributed by atoms with Gasteiger partial charge in [-0.25, -0.2) is 16.8 Å². The summed E-state index contributed by atoms with van der Waals surface area (Å²) in [6, 6.07) is 6.56. The average Bonchev–Trinajstić information content (AvgIpc) is 3.00. The lowest BCUT2D eigenvalue weighted by molar-refractivity contribution is -0.777. The zero-order chi connectivity index (χ0) is 34.8. The van der Waals surface area contributed by atoms with E-state index in [0.717, 1.165) is 24.1 Å². The normalized spacial score (nSPS) is 11.6. The van der Waals surface area contributed by atoms with Crippen LogP contribution in [-0.2, 0) is 39.0 Å². The van der Waals surface area contributed by atoms with E-state index < -0.39 is 31.7 Å². The van der Waals surface area contributed by atoms with E-state index in [4.69, 9.17) is 0 Å². The second-order valence-electron chi connectivity index (χ2n) is 8.59. The smallest absolute Gasteiger partial charge is 0.233 e. The van der Waals surface area contributed by atoms with Gasteiger partial charge in [-0.3, -0.25) is 10.1 Å². The molecular weight excluding hydrogens is 729 g/mol. The van der Waals surface area contributed by atoms with Crippen LogP contribution in [0.1, 0.15) is 0 Å². The first-order valence-corrected chi connectivity index (χ1v) is 18.0. The molecule has 2 aromatic heterocycles. The van der Waals surface area contributed by atoms with E-state index >= 15 is 0 Å². The highest BCUT2D eigenvalue weighted by atomic mass is 32.2. The van der Waals surface area contributed by atoms with Crippen LogP contribution >= 0.6 is 24.1 Å². The van der Waals surface area contributed by atoms with Crippen LogP contribution < -0.4 is 42.4 Å². The first-order chi connectivity index (χ1) is 22.9. The van der Waals surface area contributed by atoms with Gasteiger partial charge in [-0.15, -0.1) is 0 Å². The molecule has 0 fully saturated rings. The Kier molecular flexibility index (Phi) is 16.1. The molecular formula is C20H26N12O12S4-4. The Morgan fingerprint density at radius 3 is 1.17 bits per heavy atom. The van der Waals surface area contributed by atoms with Gasteiger partial charge < -0.3 is 51.5 Å². The number of aromatic nitrogens is 6. The van der Waals surface area contributed by atoms with Gasteiger partial charge in [0, 0.05) is 73.1 Å². The summed E-state index contributed by atoms with van der Waals surface area (Å²) in [5.41, 5.74) is 1.01. The van der Waals surface area contributed by atoms with E-state index in [1.165, 1.54) is 0 Å². The highest BCUT2D eigenvalue weighted by Gasteiger charge is 2.10. The van der Waals surface area contributed by atoms with Gasteiger partial charge in [0.15, 0.2) is 0 Å². The fourth-order valence-corrected chi connectivity index (χ4v) is 4.46. The van der Waals surface area contributed by atoms with Gasteiger partial charge in [0.05, 0.1) is 31.7 Å². The third kappa shape index (κ3) is 16.4. The molecule has 0 amide bonds. The van der Waals surface area contributed by atoms with Gasteiger partial charge in [0.2, 0.25) is 35.7 Å². The largest absolute Gasteiger partial charge is 0.748 e. The lowest BCUT2D eigenvalue weighted by Gasteiger charge is -2.13. The SMILES string of the molecule is O=S(=O)([O-])CCNc1nc(NCCS(=O)(=O)[O-])nc(Nc2ccc(Nc3nc(NCCSOO[O-])nc(NCCSOO[O-])n3)cc2)n1. The summed E-state index contributed by atoms with van der Waals surface area (Å²) < 4.78 is 74.0. The van der Waals surface area contributed by atoms with Crippen molar-refractivity contribution in [2.45, 2.75) is 0 Å². The summed E-state index contributed by atoms with van der Waals surface area (Å²) >= 11 is 1.54. The van der Waals surface area contributed by atoms with Gasteiger partial charge in [0.25, 0.3) is 0 Å². The number of nitrogens with zero attached hydrogens (tertiary/aromatic N) is 6. The molecule has 3 aromatic rings. The van der Waals surface area contributed by atoms with Crippen LogP contribution in [0.2, 0.25) is 0 Å². The fourth-order valence-electron chi connectivity index (χ4n) is 3.17. The van der Waals surface area contributed by atoms with Crippen molar-refractivity contribution in [2.75, 3.05) is 81.1 Å². The Morgan fingerprint density at radius 2 is 0.854 bits per heavy atom. The maximum Gasteiger partial charge on any atom is 0.233 e. The van der Waals surface area contributed by atoms with Crippen molar-refractivity contribution in [1.82, 2.24) is 29.9 Å². The van der Waals surface area contributed by atoms with Crippen molar-refractivity contribution in [1.29, 1.82) is 0 Å². The Balaban J connectivity index is 1.71. The molecule has 0 aliphatic carbocycles. The van der Waals surface area contributed by atoms with Gasteiger partial charge >= 0.3 is 0 Å². The Hall–Kier alpha value is -3.68. The average molecular weight is 755 g/mol. The third-order valence-corrected chi connectivity index (χ3v) is 7.48. The minimum atomic E-state index is -4.52. The molecule has 0 saturated carbocycles. The summed E-state index contributed by atoms with van der Waals surface area (Å²) in [6.45, 7) is -0.0437. The number of nitrogens with one attached hydrogen (secondary N) is 6. The van der Waals surface area contributed by atoms with Gasteiger partial charge in [-0.1, -0.05) is 0 Å². The summed E-state index contributed by atoms with van der Waals surface area (Å²) in [5, 5.41) is 43.4. The van der Waals surface area contributed by atoms with Crippen LogP contribution in [0.4, 0.5) is 47.1 Å². The number of anilines is 8. The van der Waals surface area contributed by atoms with Crippen LogP contribution in [0, 0.1) is 0 Å². The molecule has 0 spiro atoms. The number of hydrogen-bond acceptors (Lipinski definition) is 26. The number of hydrogen-bond donors (Lipinski definition) is 6. The van der Waals surface area contributed by atoms with Crippen LogP contribution in [-0.4, -0.2) is 105 Å². The van der Waals surface area contributed by atoms with Crippen molar-refractivity contribution in [3.63, 3.8) is 0 Å². The monoisotopic (exact) mass is 754 g/mol. The summed E-state index contributed by atoms with van der Waals surface area (Å²) in [5.74, 6) is -0.705. The summed E-state index contributed by atoms with van der Waals surface area (Å²) in [6.07, 6.45) is 0. The van der Waals surface area contributed by atoms with E-state index in [9.17, 15) is 36.5 Å². The molecule has 28 heteroatoms. The fraction of sp³-hybridized carbons (Fsp3) is 0.400. The second kappa shape index (κ2) is 20.0. The predicted octanol–water partition coefficient (Wildman–Crippen LogP) is -1.97. The van der Waals surface area contributed by atoms with Gasteiger partial charge in [-0.05, 0) is 24.3 Å². The van der Waals surface area contributed by atoms with Crippen molar-refractivity contribution < 1.29 is 55.2 Å². The molecule has 0 aliphatic rings. The van der Waals surface area contributed by atoms with Gasteiger partial charge in [0.1, 0.15) is 0 Å². The maximum absolute atomic E-state index is 10.9. The quantitative estimate of drug-likeness (QED) is 0.0190. The molecule has 0 atom stereocenters. The highest BCUT2D eigenvalue weighted by Crippen LogP contribution is 2.21.